The Morgan fingerprint density at radius 3 is 2.23 bits per heavy atom. The van der Waals surface area contributed by atoms with Gasteiger partial charge >= 0.3 is 0 Å². The van der Waals surface area contributed by atoms with Gasteiger partial charge in [0.2, 0.25) is 11.6 Å². The Morgan fingerprint density at radius 1 is 1.18 bits per heavy atom. The van der Waals surface area contributed by atoms with Crippen LogP contribution in [0.2, 0.25) is 0 Å². The lowest BCUT2D eigenvalue weighted by molar-refractivity contribution is -0.448. The van der Waals surface area contributed by atoms with Crippen LogP contribution in [0.15, 0.2) is 12.7 Å². The Morgan fingerprint density at radius 2 is 1.77 bits per heavy atom. The van der Waals surface area contributed by atoms with Crippen molar-refractivity contribution in [1.82, 2.24) is 0 Å². The van der Waals surface area contributed by atoms with Gasteiger partial charge in [0.25, 0.3) is 0 Å². The zero-order valence-electron chi connectivity index (χ0n) is 13.9. The van der Waals surface area contributed by atoms with E-state index in [1.165, 1.54) is 21.3 Å². The number of carbonyl (C=O) groups excluding carboxylic acids is 1. The molecule has 7 nitrogen and oxygen atoms in total. The molecule has 0 aromatic carbocycles. The molecule has 1 rings (SSSR count). The van der Waals surface area contributed by atoms with Gasteiger partial charge in [0, 0.05) is 21.3 Å². The average Bonchev–Trinajstić information content (AvgIpc) is 2.53. The molecule has 0 bridgehead atoms. The molecule has 0 saturated carbocycles. The highest BCUT2D eigenvalue weighted by Crippen LogP contribution is 2.40. The summed E-state index contributed by atoms with van der Waals surface area (Å²) in [4.78, 5) is 11.4. The number of hydrogen-bond donors (Lipinski definition) is 0. The fraction of sp³-hybridized carbons (Fsp3) is 0.800. The first-order valence-electron chi connectivity index (χ1n) is 7.04. The second-order valence-electron chi connectivity index (χ2n) is 5.24. The molecule has 5 atom stereocenters. The van der Waals surface area contributed by atoms with E-state index >= 15 is 0 Å². The molecule has 0 spiro atoms. The number of hydrogen-bond acceptors (Lipinski definition) is 7. The van der Waals surface area contributed by atoms with Gasteiger partial charge in [0.1, 0.15) is 19.0 Å². The SMILES string of the molecule is C=CC[C@@H](OCOC)[C@@H]1O[C@@](C)(OC)[C@](C)(OC)O[C@@H]1C=O. The molecule has 0 N–H and O–H groups in total. The van der Waals surface area contributed by atoms with Crippen molar-refractivity contribution in [2.24, 2.45) is 0 Å². The van der Waals surface area contributed by atoms with E-state index < -0.39 is 29.9 Å². The van der Waals surface area contributed by atoms with E-state index in [1.807, 2.05) is 0 Å². The molecule has 0 amide bonds. The Balaban J connectivity index is 3.06. The average molecular weight is 318 g/mol. The van der Waals surface area contributed by atoms with Crippen LogP contribution in [-0.4, -0.2) is 64.3 Å². The molecule has 1 fully saturated rings. The van der Waals surface area contributed by atoms with E-state index in [-0.39, 0.29) is 6.79 Å². The molecule has 0 aliphatic carbocycles. The normalized spacial score (nSPS) is 36.8. The van der Waals surface area contributed by atoms with E-state index in [4.69, 9.17) is 28.4 Å². The summed E-state index contributed by atoms with van der Waals surface area (Å²) in [5.74, 6) is -2.44. The second-order valence-corrected chi connectivity index (χ2v) is 5.24. The summed E-state index contributed by atoms with van der Waals surface area (Å²) in [6, 6.07) is 0. The number of aldehydes is 1. The van der Waals surface area contributed by atoms with Gasteiger partial charge in [-0.3, -0.25) is 0 Å². The minimum absolute atomic E-state index is 0.0647. The van der Waals surface area contributed by atoms with Gasteiger partial charge in [0.05, 0.1) is 6.10 Å². The summed E-state index contributed by atoms with van der Waals surface area (Å²) >= 11 is 0. The van der Waals surface area contributed by atoms with Gasteiger partial charge in [-0.25, -0.2) is 0 Å². The van der Waals surface area contributed by atoms with Crippen molar-refractivity contribution in [2.45, 2.75) is 50.2 Å². The Hall–Kier alpha value is -0.830. The van der Waals surface area contributed by atoms with E-state index in [2.05, 4.69) is 6.58 Å². The van der Waals surface area contributed by atoms with Crippen molar-refractivity contribution < 1.29 is 33.2 Å². The van der Waals surface area contributed by atoms with Gasteiger partial charge in [-0.1, -0.05) is 6.08 Å². The quantitative estimate of drug-likeness (QED) is 0.360. The maximum absolute atomic E-state index is 11.4. The van der Waals surface area contributed by atoms with Gasteiger partial charge in [-0.15, -0.1) is 6.58 Å². The standard InChI is InChI=1S/C15H26O7/c1-7-8-11(20-10-17-4)13-12(9-16)21-14(2,18-5)15(3,19-6)22-13/h7,9,11-13H,1,8,10H2,2-6H3/t11-,12-,13+,14-,15-/m1/s1. The molecule has 0 unspecified atom stereocenters. The fourth-order valence-electron chi connectivity index (χ4n) is 2.34. The summed E-state index contributed by atoms with van der Waals surface area (Å²) in [5, 5.41) is 0. The lowest BCUT2D eigenvalue weighted by Gasteiger charge is -2.52. The van der Waals surface area contributed by atoms with Crippen molar-refractivity contribution in [3.8, 4) is 0 Å². The highest BCUT2D eigenvalue weighted by Gasteiger charge is 2.58. The smallest absolute Gasteiger partial charge is 0.220 e. The van der Waals surface area contributed by atoms with Crippen LogP contribution in [0.3, 0.4) is 0 Å². The molecule has 1 heterocycles. The molecule has 0 aromatic heterocycles. The van der Waals surface area contributed by atoms with E-state index in [0.717, 1.165) is 0 Å². The van der Waals surface area contributed by atoms with Crippen molar-refractivity contribution >= 4 is 6.29 Å². The lowest BCUT2D eigenvalue weighted by Crippen LogP contribution is -2.67. The molecule has 1 aliphatic heterocycles. The van der Waals surface area contributed by atoms with Crippen molar-refractivity contribution in [3.05, 3.63) is 12.7 Å². The summed E-state index contributed by atoms with van der Waals surface area (Å²) in [6.45, 7) is 7.10. The highest BCUT2D eigenvalue weighted by atomic mass is 16.8. The van der Waals surface area contributed by atoms with Gasteiger partial charge in [-0.2, -0.15) is 0 Å². The van der Waals surface area contributed by atoms with Crippen LogP contribution in [0.5, 0.6) is 0 Å². The highest BCUT2D eigenvalue weighted by molar-refractivity contribution is 5.57. The molecule has 7 heteroatoms. The molecule has 128 valence electrons. The van der Waals surface area contributed by atoms with Crippen LogP contribution in [0.25, 0.3) is 0 Å². The maximum Gasteiger partial charge on any atom is 0.220 e. The molecule has 1 aliphatic rings. The third-order valence-corrected chi connectivity index (χ3v) is 3.95. The predicted molar refractivity (Wildman–Crippen MR) is 78.2 cm³/mol. The largest absolute Gasteiger partial charge is 0.359 e. The topological polar surface area (TPSA) is 72.5 Å². The predicted octanol–water partition coefficient (Wildman–Crippen LogP) is 1.26. The van der Waals surface area contributed by atoms with Crippen molar-refractivity contribution in [3.63, 3.8) is 0 Å². The number of methoxy groups -OCH3 is 3. The third-order valence-electron chi connectivity index (χ3n) is 3.95. The molecular weight excluding hydrogens is 292 g/mol. The van der Waals surface area contributed by atoms with Crippen molar-refractivity contribution in [2.75, 3.05) is 28.1 Å². The van der Waals surface area contributed by atoms with Crippen LogP contribution in [-0.2, 0) is 33.2 Å². The minimum atomic E-state index is -1.23. The van der Waals surface area contributed by atoms with E-state index in [1.54, 1.807) is 19.9 Å². The van der Waals surface area contributed by atoms with Crippen molar-refractivity contribution in [1.29, 1.82) is 0 Å². The Bertz CT molecular complexity index is 375. The zero-order chi connectivity index (χ0) is 16.8. The molecule has 22 heavy (non-hydrogen) atoms. The third kappa shape index (κ3) is 3.73. The summed E-state index contributed by atoms with van der Waals surface area (Å²) in [6.07, 6.45) is 0.798. The number of ether oxygens (including phenoxy) is 6. The van der Waals surface area contributed by atoms with Crippen LogP contribution in [0.1, 0.15) is 20.3 Å². The summed E-state index contributed by atoms with van der Waals surface area (Å²) < 4.78 is 33.1. The van der Waals surface area contributed by atoms with Crippen LogP contribution >= 0.6 is 0 Å². The summed E-state index contributed by atoms with van der Waals surface area (Å²) in [7, 11) is 4.46. The Labute approximate surface area is 131 Å². The molecule has 1 saturated heterocycles. The second kappa shape index (κ2) is 8.14. The first-order valence-corrected chi connectivity index (χ1v) is 7.04. The lowest BCUT2D eigenvalue weighted by atomic mass is 9.99. The van der Waals surface area contributed by atoms with Gasteiger partial charge in [0.15, 0.2) is 6.29 Å². The summed E-state index contributed by atoms with van der Waals surface area (Å²) in [5.41, 5.74) is 0. The van der Waals surface area contributed by atoms with E-state index in [9.17, 15) is 4.79 Å². The zero-order valence-corrected chi connectivity index (χ0v) is 13.9. The van der Waals surface area contributed by atoms with E-state index in [0.29, 0.717) is 12.7 Å². The van der Waals surface area contributed by atoms with Crippen LogP contribution < -0.4 is 0 Å². The van der Waals surface area contributed by atoms with Crippen LogP contribution in [0.4, 0.5) is 0 Å². The molecule has 0 aromatic rings. The van der Waals surface area contributed by atoms with Crippen LogP contribution in [0, 0.1) is 0 Å². The monoisotopic (exact) mass is 318 g/mol. The first-order chi connectivity index (χ1) is 10.4. The van der Waals surface area contributed by atoms with Gasteiger partial charge in [-0.05, 0) is 20.3 Å². The molecular formula is C15H26O7. The molecule has 0 radical (unpaired) electrons. The minimum Gasteiger partial charge on any atom is -0.359 e. The number of carbonyl (C=O) groups is 1. The Kier molecular flexibility index (Phi) is 7.11. The maximum atomic E-state index is 11.4. The van der Waals surface area contributed by atoms with Gasteiger partial charge < -0.3 is 33.2 Å². The number of rotatable bonds is 9. The first kappa shape index (κ1) is 19.2. The fourth-order valence-corrected chi connectivity index (χ4v) is 2.34.